The zero-order valence-electron chi connectivity index (χ0n) is 17.5. The van der Waals surface area contributed by atoms with Crippen molar-refractivity contribution in [2.24, 2.45) is 0 Å². The predicted octanol–water partition coefficient (Wildman–Crippen LogP) is 5.84. The van der Waals surface area contributed by atoms with Crippen LogP contribution in [0.5, 0.6) is 5.75 Å². The van der Waals surface area contributed by atoms with Crippen molar-refractivity contribution in [3.8, 4) is 16.5 Å². The van der Waals surface area contributed by atoms with Crippen molar-refractivity contribution in [2.45, 2.75) is 23.9 Å². The van der Waals surface area contributed by atoms with E-state index in [-0.39, 0.29) is 5.91 Å². The minimum Gasteiger partial charge on any atom is -0.495 e. The van der Waals surface area contributed by atoms with Crippen LogP contribution in [0.25, 0.3) is 10.7 Å². The summed E-state index contributed by atoms with van der Waals surface area (Å²) in [5, 5.41) is 14.5. The van der Waals surface area contributed by atoms with Gasteiger partial charge in [-0.25, -0.2) is 0 Å². The van der Waals surface area contributed by atoms with Gasteiger partial charge < -0.3 is 10.1 Å². The summed E-state index contributed by atoms with van der Waals surface area (Å²) in [6.45, 7) is 2.45. The van der Waals surface area contributed by atoms with Crippen molar-refractivity contribution in [1.29, 1.82) is 0 Å². The van der Waals surface area contributed by atoms with Gasteiger partial charge in [-0.3, -0.25) is 9.36 Å². The molecule has 164 valence electrons. The number of anilines is 1. The van der Waals surface area contributed by atoms with Crippen LogP contribution in [-0.4, -0.2) is 33.0 Å². The molecule has 9 heteroatoms. The molecule has 0 spiro atoms. The van der Waals surface area contributed by atoms with Gasteiger partial charge in [0, 0.05) is 5.02 Å². The molecule has 0 radical (unpaired) electrons. The zero-order chi connectivity index (χ0) is 22.5. The van der Waals surface area contributed by atoms with E-state index in [1.54, 1.807) is 36.6 Å². The molecular formula is C23H21ClN4O2S2. The van der Waals surface area contributed by atoms with Crippen molar-refractivity contribution < 1.29 is 9.53 Å². The topological polar surface area (TPSA) is 69.0 Å². The lowest BCUT2D eigenvalue weighted by molar-refractivity contribution is -0.115. The highest BCUT2D eigenvalue weighted by Crippen LogP contribution is 2.32. The molecule has 4 rings (SSSR count). The van der Waals surface area contributed by atoms with E-state index in [0.29, 0.717) is 28.2 Å². The van der Waals surface area contributed by atoms with Crippen molar-refractivity contribution in [2.75, 3.05) is 12.4 Å². The van der Waals surface area contributed by atoms with Crippen LogP contribution in [0, 0.1) is 0 Å². The number of halogens is 1. The number of ether oxygens (including phenoxy) is 1. The number of hydrogen-bond acceptors (Lipinski definition) is 6. The molecule has 1 amide bonds. The first-order valence-corrected chi connectivity index (χ1v) is 12.0. The molecule has 0 aliphatic rings. The Morgan fingerprint density at radius 2 is 2.00 bits per heavy atom. The summed E-state index contributed by atoms with van der Waals surface area (Å²) in [5.41, 5.74) is 1.66. The van der Waals surface area contributed by atoms with Crippen LogP contribution < -0.4 is 10.1 Å². The number of methoxy groups -OCH3 is 1. The molecule has 0 bridgehead atoms. The quantitative estimate of drug-likeness (QED) is 0.318. The van der Waals surface area contributed by atoms with Gasteiger partial charge >= 0.3 is 0 Å². The minimum absolute atomic E-state index is 0.178. The monoisotopic (exact) mass is 484 g/mol. The average Bonchev–Trinajstić information content (AvgIpc) is 3.45. The Morgan fingerprint density at radius 3 is 2.72 bits per heavy atom. The molecule has 2 aromatic carbocycles. The molecule has 0 saturated carbocycles. The van der Waals surface area contributed by atoms with Crippen molar-refractivity contribution >= 4 is 46.3 Å². The molecular weight excluding hydrogens is 464 g/mol. The van der Waals surface area contributed by atoms with E-state index in [4.69, 9.17) is 16.3 Å². The summed E-state index contributed by atoms with van der Waals surface area (Å²) < 4.78 is 7.38. The van der Waals surface area contributed by atoms with Gasteiger partial charge in [-0.1, -0.05) is 59.8 Å². The van der Waals surface area contributed by atoms with Crippen LogP contribution in [0.1, 0.15) is 12.5 Å². The van der Waals surface area contributed by atoms with Gasteiger partial charge in [0.1, 0.15) is 5.75 Å². The largest absolute Gasteiger partial charge is 0.495 e. The molecule has 4 aromatic rings. The van der Waals surface area contributed by atoms with Gasteiger partial charge in [0.15, 0.2) is 11.0 Å². The van der Waals surface area contributed by atoms with Crippen LogP contribution in [-0.2, 0) is 11.3 Å². The Balaban J connectivity index is 1.57. The third kappa shape index (κ3) is 5.15. The summed E-state index contributed by atoms with van der Waals surface area (Å²) in [5.74, 6) is 1.16. The molecule has 0 fully saturated rings. The third-order valence-electron chi connectivity index (χ3n) is 4.71. The molecule has 6 nitrogen and oxygen atoms in total. The number of thiophene rings is 1. The number of benzene rings is 2. The predicted molar refractivity (Wildman–Crippen MR) is 131 cm³/mol. The Morgan fingerprint density at radius 1 is 1.19 bits per heavy atom. The smallest absolute Gasteiger partial charge is 0.237 e. The Bertz CT molecular complexity index is 1200. The van der Waals surface area contributed by atoms with E-state index in [0.717, 1.165) is 16.3 Å². The molecule has 1 atom stereocenters. The van der Waals surface area contributed by atoms with Gasteiger partial charge in [0.05, 0.1) is 29.5 Å². The SMILES string of the molecule is COc1ccc(Cl)cc1NC(=O)[C@@H](C)Sc1nnc(-c2cccs2)n1Cc1ccccc1. The number of amides is 1. The fourth-order valence-corrected chi connectivity index (χ4v) is 4.83. The molecule has 0 saturated heterocycles. The summed E-state index contributed by atoms with van der Waals surface area (Å²) in [7, 11) is 1.55. The minimum atomic E-state index is -0.423. The fraction of sp³-hybridized carbons (Fsp3) is 0.174. The molecule has 0 unspecified atom stereocenters. The second-order valence-electron chi connectivity index (χ2n) is 6.95. The fourth-order valence-electron chi connectivity index (χ4n) is 3.10. The number of hydrogen-bond donors (Lipinski definition) is 1. The maximum absolute atomic E-state index is 12.9. The van der Waals surface area contributed by atoms with Crippen LogP contribution >= 0.6 is 34.7 Å². The van der Waals surface area contributed by atoms with E-state index < -0.39 is 5.25 Å². The number of rotatable bonds is 8. The number of carbonyl (C=O) groups is 1. The van der Waals surface area contributed by atoms with Crippen LogP contribution in [0.4, 0.5) is 5.69 Å². The summed E-state index contributed by atoms with van der Waals surface area (Å²) in [4.78, 5) is 13.9. The molecule has 0 aliphatic heterocycles. The zero-order valence-corrected chi connectivity index (χ0v) is 19.9. The van der Waals surface area contributed by atoms with Crippen molar-refractivity contribution in [1.82, 2.24) is 14.8 Å². The highest BCUT2D eigenvalue weighted by Gasteiger charge is 2.22. The van der Waals surface area contributed by atoms with Gasteiger partial charge in [-0.15, -0.1) is 21.5 Å². The first kappa shape index (κ1) is 22.4. The van der Waals surface area contributed by atoms with E-state index in [1.165, 1.54) is 11.8 Å². The van der Waals surface area contributed by atoms with Crippen molar-refractivity contribution in [3.05, 3.63) is 76.6 Å². The first-order valence-electron chi connectivity index (χ1n) is 9.87. The van der Waals surface area contributed by atoms with Crippen LogP contribution in [0.2, 0.25) is 5.02 Å². The van der Waals surface area contributed by atoms with E-state index in [2.05, 4.69) is 32.2 Å². The summed E-state index contributed by atoms with van der Waals surface area (Å²) >= 11 is 9.05. The molecule has 32 heavy (non-hydrogen) atoms. The van der Waals surface area contributed by atoms with E-state index in [9.17, 15) is 4.79 Å². The third-order valence-corrected chi connectivity index (χ3v) is 6.89. The molecule has 1 N–H and O–H groups in total. The second kappa shape index (κ2) is 10.2. The number of carbonyl (C=O) groups excluding carboxylic acids is 1. The van der Waals surface area contributed by atoms with Gasteiger partial charge in [0.25, 0.3) is 0 Å². The number of nitrogens with zero attached hydrogens (tertiary/aromatic N) is 3. The maximum Gasteiger partial charge on any atom is 0.237 e. The Hall–Kier alpha value is -2.81. The normalized spacial score (nSPS) is 11.8. The van der Waals surface area contributed by atoms with E-state index >= 15 is 0 Å². The summed E-state index contributed by atoms with van der Waals surface area (Å²) in [6, 6.07) is 19.2. The summed E-state index contributed by atoms with van der Waals surface area (Å²) in [6.07, 6.45) is 0. The van der Waals surface area contributed by atoms with Gasteiger partial charge in [0.2, 0.25) is 5.91 Å². The molecule has 0 aliphatic carbocycles. The van der Waals surface area contributed by atoms with Crippen LogP contribution in [0.3, 0.4) is 0 Å². The number of thioether (sulfide) groups is 1. The highest BCUT2D eigenvalue weighted by atomic mass is 35.5. The van der Waals surface area contributed by atoms with Gasteiger partial charge in [-0.05, 0) is 42.1 Å². The molecule has 2 heterocycles. The molecule has 2 aromatic heterocycles. The average molecular weight is 485 g/mol. The van der Waals surface area contributed by atoms with Crippen LogP contribution in [0.15, 0.2) is 71.2 Å². The lowest BCUT2D eigenvalue weighted by Gasteiger charge is -2.15. The van der Waals surface area contributed by atoms with Crippen molar-refractivity contribution in [3.63, 3.8) is 0 Å². The number of nitrogens with one attached hydrogen (secondary N) is 1. The maximum atomic E-state index is 12.9. The Labute approximate surface area is 199 Å². The van der Waals surface area contributed by atoms with E-state index in [1.807, 2.05) is 42.6 Å². The first-order chi connectivity index (χ1) is 15.5. The lowest BCUT2D eigenvalue weighted by Crippen LogP contribution is -2.23. The standard InChI is InChI=1S/C23H21ClN4O2S2/c1-15(22(29)25-18-13-17(24)10-11-19(18)30-2)32-23-27-26-21(20-9-6-12-31-20)28(23)14-16-7-4-3-5-8-16/h3-13,15H,14H2,1-2H3,(H,25,29)/t15-/m1/s1. The highest BCUT2D eigenvalue weighted by molar-refractivity contribution is 8.00. The lowest BCUT2D eigenvalue weighted by atomic mass is 10.2. The Kier molecular flexibility index (Phi) is 7.14. The second-order valence-corrected chi connectivity index (χ2v) is 9.64. The number of aromatic nitrogens is 3. The van der Waals surface area contributed by atoms with Gasteiger partial charge in [-0.2, -0.15) is 0 Å².